The van der Waals surface area contributed by atoms with Crippen molar-refractivity contribution in [1.82, 2.24) is 5.32 Å². The summed E-state index contributed by atoms with van der Waals surface area (Å²) in [6.45, 7) is 5.83. The number of rotatable bonds is 8. The van der Waals surface area contributed by atoms with Gasteiger partial charge in [-0.2, -0.15) is 4.99 Å². The molecule has 44 heavy (non-hydrogen) atoms. The Morgan fingerprint density at radius 1 is 1.00 bits per heavy atom. The highest BCUT2D eigenvalue weighted by molar-refractivity contribution is 8.15. The fourth-order valence-electron chi connectivity index (χ4n) is 4.37. The summed E-state index contributed by atoms with van der Waals surface area (Å²) < 4.78 is 40.7. The van der Waals surface area contributed by atoms with Crippen molar-refractivity contribution < 1.29 is 32.3 Å². The lowest BCUT2D eigenvalue weighted by atomic mass is 10.0. The fraction of sp³-hybridized carbons (Fsp3) is 0.267. The minimum Gasteiger partial charge on any atom is -0.406 e. The number of urea groups is 2. The van der Waals surface area contributed by atoms with Gasteiger partial charge in [0.25, 0.3) is 0 Å². The Kier molecular flexibility index (Phi) is 10.4. The number of thioether (sulfide) groups is 1. The highest BCUT2D eigenvalue weighted by Crippen LogP contribution is 2.35. The number of carbonyl (C=O) groups excluding carboxylic acids is 3. The van der Waals surface area contributed by atoms with Crippen LogP contribution in [0.2, 0.25) is 5.02 Å². The van der Waals surface area contributed by atoms with Crippen LogP contribution in [0.15, 0.2) is 71.7 Å². The zero-order chi connectivity index (χ0) is 32.0. The van der Waals surface area contributed by atoms with Gasteiger partial charge in [-0.3, -0.25) is 9.69 Å². The molecular formula is C30H29ClF3N5O4S. The second-order valence-corrected chi connectivity index (χ2v) is 11.6. The Balaban J connectivity index is 1.31. The molecule has 9 nitrogen and oxygen atoms in total. The van der Waals surface area contributed by atoms with E-state index in [9.17, 15) is 27.6 Å². The molecule has 3 N–H and O–H groups in total. The molecule has 1 atom stereocenters. The fourth-order valence-corrected chi connectivity index (χ4v) is 5.40. The minimum atomic E-state index is -4.80. The van der Waals surface area contributed by atoms with Gasteiger partial charge in [0.1, 0.15) is 5.75 Å². The molecule has 3 aromatic carbocycles. The molecule has 0 radical (unpaired) electrons. The molecule has 0 spiro atoms. The Morgan fingerprint density at radius 3 is 2.20 bits per heavy atom. The molecule has 232 valence electrons. The van der Waals surface area contributed by atoms with E-state index in [2.05, 4.69) is 25.7 Å². The van der Waals surface area contributed by atoms with E-state index >= 15 is 0 Å². The van der Waals surface area contributed by atoms with Crippen molar-refractivity contribution in [1.29, 1.82) is 0 Å². The summed E-state index contributed by atoms with van der Waals surface area (Å²) in [7, 11) is 0. The van der Waals surface area contributed by atoms with E-state index in [0.29, 0.717) is 22.8 Å². The number of amides is 5. The van der Waals surface area contributed by atoms with E-state index in [0.717, 1.165) is 23.3 Å². The molecule has 1 heterocycles. The Morgan fingerprint density at radius 2 is 1.61 bits per heavy atom. The van der Waals surface area contributed by atoms with Crippen LogP contribution >= 0.6 is 23.4 Å². The SMILES string of the molecule is CC(Cc1ccc(NC(=O)Nc2ccc(OC(F)(F)F)cc2)cc1)NC(=O)/N=C1\SCC(=O)N1c1cc(Cl)ccc1C(C)C. The van der Waals surface area contributed by atoms with Crippen LogP contribution in [0, 0.1) is 0 Å². The highest BCUT2D eigenvalue weighted by Gasteiger charge is 2.33. The Hall–Kier alpha value is -4.23. The number of nitrogens with one attached hydrogen (secondary N) is 3. The van der Waals surface area contributed by atoms with Gasteiger partial charge in [-0.1, -0.05) is 55.4 Å². The van der Waals surface area contributed by atoms with Crippen molar-refractivity contribution in [2.24, 2.45) is 4.99 Å². The van der Waals surface area contributed by atoms with Crippen molar-refractivity contribution in [3.05, 3.63) is 82.9 Å². The molecule has 1 aliphatic rings. The smallest absolute Gasteiger partial charge is 0.406 e. The first-order valence-electron chi connectivity index (χ1n) is 13.4. The molecule has 1 saturated heterocycles. The molecule has 5 amide bonds. The molecule has 1 aliphatic heterocycles. The topological polar surface area (TPSA) is 112 Å². The largest absolute Gasteiger partial charge is 0.573 e. The third kappa shape index (κ3) is 9.13. The molecule has 0 aromatic heterocycles. The highest BCUT2D eigenvalue weighted by atomic mass is 35.5. The third-order valence-corrected chi connectivity index (χ3v) is 7.45. The standard InChI is InChI=1S/C30H29ClF3N5O4S/c1-17(2)24-13-6-20(31)15-25(24)39-26(40)16-44-29(39)38-27(41)35-18(3)14-19-4-7-21(8-5-19)36-28(42)37-22-9-11-23(12-10-22)43-30(32,33)34/h4-13,15,17-18H,14,16H2,1-3H3,(H,35,41)(H2,36,37,42)/b38-29-. The number of aliphatic imine (C=N–C) groups is 1. The molecule has 1 unspecified atom stereocenters. The molecule has 4 rings (SSSR count). The number of hydrogen-bond acceptors (Lipinski definition) is 5. The third-order valence-electron chi connectivity index (χ3n) is 6.29. The van der Waals surface area contributed by atoms with Crippen molar-refractivity contribution in [2.75, 3.05) is 21.3 Å². The number of nitrogens with zero attached hydrogens (tertiary/aromatic N) is 2. The summed E-state index contributed by atoms with van der Waals surface area (Å²) in [5, 5.41) is 8.75. The van der Waals surface area contributed by atoms with E-state index in [1.165, 1.54) is 28.8 Å². The van der Waals surface area contributed by atoms with E-state index < -0.39 is 24.2 Å². The van der Waals surface area contributed by atoms with Gasteiger partial charge in [-0.25, -0.2) is 9.59 Å². The maximum atomic E-state index is 12.8. The monoisotopic (exact) mass is 647 g/mol. The van der Waals surface area contributed by atoms with Crippen LogP contribution < -0.4 is 25.6 Å². The number of amidine groups is 1. The summed E-state index contributed by atoms with van der Waals surface area (Å²) >= 11 is 7.40. The summed E-state index contributed by atoms with van der Waals surface area (Å²) in [6.07, 6.45) is -4.33. The van der Waals surface area contributed by atoms with Crippen LogP contribution in [0.3, 0.4) is 0 Å². The minimum absolute atomic E-state index is 0.120. The average molecular weight is 648 g/mol. The second-order valence-electron chi connectivity index (χ2n) is 10.2. The molecule has 3 aromatic rings. The zero-order valence-electron chi connectivity index (χ0n) is 23.9. The van der Waals surface area contributed by atoms with E-state index in [1.54, 1.807) is 36.4 Å². The number of anilines is 3. The second kappa shape index (κ2) is 14.0. The lowest BCUT2D eigenvalue weighted by molar-refractivity contribution is -0.274. The van der Waals surface area contributed by atoms with Gasteiger partial charge in [0.05, 0.1) is 11.4 Å². The van der Waals surface area contributed by atoms with Gasteiger partial charge < -0.3 is 20.7 Å². The maximum absolute atomic E-state index is 12.8. The number of halogens is 4. The van der Waals surface area contributed by atoms with Gasteiger partial charge in [-0.15, -0.1) is 13.2 Å². The molecule has 0 bridgehead atoms. The predicted octanol–water partition coefficient (Wildman–Crippen LogP) is 7.78. The van der Waals surface area contributed by atoms with Crippen LogP contribution in [-0.2, 0) is 11.2 Å². The summed E-state index contributed by atoms with van der Waals surface area (Å²) in [4.78, 5) is 43.4. The number of ether oxygens (including phenoxy) is 1. The number of benzene rings is 3. The number of alkyl halides is 3. The Bertz CT molecular complexity index is 1550. The first kappa shape index (κ1) is 32.7. The first-order chi connectivity index (χ1) is 20.8. The number of carbonyl (C=O) groups is 3. The van der Waals surface area contributed by atoms with Crippen LogP contribution in [0.5, 0.6) is 5.75 Å². The van der Waals surface area contributed by atoms with Crippen molar-refractivity contribution in [3.8, 4) is 5.75 Å². The van der Waals surface area contributed by atoms with Crippen molar-refractivity contribution in [2.45, 2.75) is 45.5 Å². The van der Waals surface area contributed by atoms with Gasteiger partial charge in [0.2, 0.25) is 5.91 Å². The summed E-state index contributed by atoms with van der Waals surface area (Å²) in [5.74, 6) is -0.305. The van der Waals surface area contributed by atoms with Gasteiger partial charge in [0, 0.05) is 22.4 Å². The lowest BCUT2D eigenvalue weighted by Crippen LogP contribution is -2.35. The molecule has 14 heteroatoms. The molecule has 1 fully saturated rings. The lowest BCUT2D eigenvalue weighted by Gasteiger charge is -2.22. The quantitative estimate of drug-likeness (QED) is 0.231. The van der Waals surface area contributed by atoms with E-state index in [1.807, 2.05) is 26.8 Å². The van der Waals surface area contributed by atoms with Crippen LogP contribution in [0.4, 0.5) is 39.8 Å². The number of hydrogen-bond donors (Lipinski definition) is 3. The zero-order valence-corrected chi connectivity index (χ0v) is 25.4. The van der Waals surface area contributed by atoms with Crippen molar-refractivity contribution in [3.63, 3.8) is 0 Å². The van der Waals surface area contributed by atoms with Gasteiger partial charge in [0.15, 0.2) is 5.17 Å². The Labute approximate surface area is 261 Å². The molecule has 0 aliphatic carbocycles. The molecular weight excluding hydrogens is 619 g/mol. The van der Waals surface area contributed by atoms with Gasteiger partial charge in [-0.05, 0) is 78.9 Å². The maximum Gasteiger partial charge on any atom is 0.573 e. The van der Waals surface area contributed by atoms with Crippen LogP contribution in [-0.4, -0.2) is 41.3 Å². The predicted molar refractivity (Wildman–Crippen MR) is 167 cm³/mol. The van der Waals surface area contributed by atoms with Crippen LogP contribution in [0.1, 0.15) is 37.8 Å². The normalized spacial score (nSPS) is 15.0. The van der Waals surface area contributed by atoms with E-state index in [4.69, 9.17) is 11.6 Å². The van der Waals surface area contributed by atoms with Crippen molar-refractivity contribution >= 4 is 63.6 Å². The molecule has 0 saturated carbocycles. The average Bonchev–Trinajstić information content (AvgIpc) is 3.28. The van der Waals surface area contributed by atoms with Crippen LogP contribution in [0.25, 0.3) is 0 Å². The summed E-state index contributed by atoms with van der Waals surface area (Å²) in [5.41, 5.74) is 3.16. The summed E-state index contributed by atoms with van der Waals surface area (Å²) in [6, 6.07) is 15.5. The van der Waals surface area contributed by atoms with Gasteiger partial charge >= 0.3 is 18.4 Å². The van der Waals surface area contributed by atoms with E-state index in [-0.39, 0.29) is 34.5 Å². The first-order valence-corrected chi connectivity index (χ1v) is 14.8.